The highest BCUT2D eigenvalue weighted by Gasteiger charge is 2.63. The molecular weight excluding hydrogens is 693 g/mol. The van der Waals surface area contributed by atoms with E-state index in [0.29, 0.717) is 59.2 Å². The van der Waals surface area contributed by atoms with Crippen molar-refractivity contribution in [1.82, 2.24) is 14.5 Å². The van der Waals surface area contributed by atoms with Crippen LogP contribution in [0.15, 0.2) is 17.6 Å². The van der Waals surface area contributed by atoms with E-state index in [1.54, 1.807) is 12.4 Å². The summed E-state index contributed by atoms with van der Waals surface area (Å²) >= 11 is 5.24. The van der Waals surface area contributed by atoms with Gasteiger partial charge in [-0.2, -0.15) is 30.2 Å². The lowest BCUT2D eigenvalue weighted by Gasteiger charge is -2.27. The van der Waals surface area contributed by atoms with Crippen molar-refractivity contribution in [3.63, 3.8) is 0 Å². The summed E-state index contributed by atoms with van der Waals surface area (Å²) in [5.41, 5.74) is 1.31. The first-order chi connectivity index (χ1) is 23.9. The number of unbranched alkanes of at least 4 members (excludes halogenated alkanes) is 2. The van der Waals surface area contributed by atoms with E-state index in [1.165, 1.54) is 31.0 Å². The molecule has 1 aliphatic carbocycles. The van der Waals surface area contributed by atoms with Gasteiger partial charge in [0, 0.05) is 23.7 Å². The van der Waals surface area contributed by atoms with Gasteiger partial charge in [-0.1, -0.05) is 78.0 Å². The maximum absolute atomic E-state index is 13.9. The number of alkyl halides is 4. The highest BCUT2D eigenvalue weighted by molar-refractivity contribution is 7.99. The van der Waals surface area contributed by atoms with Gasteiger partial charge in [0.25, 0.3) is 0 Å². The van der Waals surface area contributed by atoms with Gasteiger partial charge in [0.2, 0.25) is 0 Å². The fourth-order valence-electron chi connectivity index (χ4n) is 5.88. The molecule has 1 saturated carbocycles. The summed E-state index contributed by atoms with van der Waals surface area (Å²) in [6.07, 6.45) is 15.8. The second kappa shape index (κ2) is 20.7. The van der Waals surface area contributed by atoms with Crippen molar-refractivity contribution in [2.75, 3.05) is 42.7 Å². The van der Waals surface area contributed by atoms with Crippen molar-refractivity contribution in [3.8, 4) is 0 Å². The smallest absolute Gasteiger partial charge is 0.329 e. The van der Waals surface area contributed by atoms with Crippen molar-refractivity contribution in [1.29, 1.82) is 0 Å². The summed E-state index contributed by atoms with van der Waals surface area (Å²) < 4.78 is 68.3. The van der Waals surface area contributed by atoms with Crippen LogP contribution in [0.4, 0.5) is 23.2 Å². The summed E-state index contributed by atoms with van der Waals surface area (Å²) in [7, 11) is 0. The average Bonchev–Trinajstić information content (AvgIpc) is 3.52. The van der Waals surface area contributed by atoms with E-state index >= 15 is 0 Å². The molecule has 0 radical (unpaired) electrons. The molecule has 0 N–H and O–H groups in total. The number of halogens is 4. The van der Waals surface area contributed by atoms with Crippen LogP contribution in [-0.2, 0) is 19.1 Å². The largest absolute Gasteiger partial charge is 0.465 e. The fourth-order valence-corrected chi connectivity index (χ4v) is 6.80. The molecule has 4 rings (SSSR count). The van der Waals surface area contributed by atoms with Crippen LogP contribution in [-0.4, -0.2) is 76.1 Å². The third-order valence-corrected chi connectivity index (χ3v) is 10.6. The molecule has 0 aromatic carbocycles. The maximum atomic E-state index is 13.9. The molecule has 1 saturated heterocycles. The summed E-state index contributed by atoms with van der Waals surface area (Å²) in [5, 5.41) is 0.370. The third kappa shape index (κ3) is 12.2. The number of fused-ring (bicyclic) bond motifs is 1. The number of anilines is 1. The van der Waals surface area contributed by atoms with E-state index < -0.39 is 24.9 Å². The Labute approximate surface area is 304 Å². The minimum absolute atomic E-state index is 0.116. The minimum Gasteiger partial charge on any atom is -0.465 e. The van der Waals surface area contributed by atoms with Crippen molar-refractivity contribution >= 4 is 53.1 Å². The number of ether oxygens (including phenoxy) is 2. The molecule has 2 aromatic heterocycles. The number of rotatable bonds is 20. The highest BCUT2D eigenvalue weighted by atomic mass is 32.2. The highest BCUT2D eigenvalue weighted by Crippen LogP contribution is 2.45. The summed E-state index contributed by atoms with van der Waals surface area (Å²) in [6.45, 7) is 7.45. The van der Waals surface area contributed by atoms with Crippen molar-refractivity contribution in [3.05, 3.63) is 12.4 Å². The molecule has 2 fully saturated rings. The molecule has 2 atom stereocenters. The minimum atomic E-state index is -4.10. The van der Waals surface area contributed by atoms with Crippen molar-refractivity contribution in [2.45, 2.75) is 134 Å². The lowest BCUT2D eigenvalue weighted by Crippen LogP contribution is -2.38. The van der Waals surface area contributed by atoms with E-state index in [9.17, 15) is 27.2 Å². The topological polar surface area (TPSA) is 86.6 Å². The third-order valence-electron chi connectivity index (χ3n) is 9.55. The van der Waals surface area contributed by atoms with Crippen LogP contribution >= 0.6 is 24.4 Å². The van der Waals surface area contributed by atoms with Gasteiger partial charge in [0.05, 0.1) is 56.5 Å². The molecule has 50 heavy (non-hydrogen) atoms. The van der Waals surface area contributed by atoms with Crippen LogP contribution in [0.3, 0.4) is 0 Å². The van der Waals surface area contributed by atoms with Crippen molar-refractivity contribution in [2.24, 2.45) is 11.8 Å². The van der Waals surface area contributed by atoms with Crippen molar-refractivity contribution < 1.29 is 36.6 Å². The van der Waals surface area contributed by atoms with E-state index in [4.69, 9.17) is 9.47 Å². The maximum Gasteiger partial charge on any atom is 0.329 e. The number of thioether (sulfide) groups is 1. The zero-order valence-electron chi connectivity index (χ0n) is 30.1. The number of carbonyl (C=O) groups excluding carboxylic acids is 2. The van der Waals surface area contributed by atoms with Crippen LogP contribution < -0.4 is 4.90 Å². The molecule has 0 bridgehead atoms. The summed E-state index contributed by atoms with van der Waals surface area (Å²) in [5.74, 6) is -6.72. The van der Waals surface area contributed by atoms with Crippen LogP contribution in [0.25, 0.3) is 11.0 Å². The molecule has 2 aliphatic rings. The van der Waals surface area contributed by atoms with Crippen LogP contribution in [0.1, 0.15) is 117 Å². The molecule has 0 amide bonds. The Hall–Kier alpha value is -2.22. The van der Waals surface area contributed by atoms with E-state index in [1.807, 2.05) is 4.57 Å². The molecular formula is C36H56F4N4O4S2. The first-order valence-corrected chi connectivity index (χ1v) is 19.9. The monoisotopic (exact) mass is 748 g/mol. The Balaban J connectivity index is 0.000000409. The molecule has 3 heterocycles. The molecule has 0 spiro atoms. The average molecular weight is 749 g/mol. The van der Waals surface area contributed by atoms with Gasteiger partial charge in [-0.3, -0.25) is 9.59 Å². The summed E-state index contributed by atoms with van der Waals surface area (Å²) in [4.78, 5) is 33.2. The number of aromatic nitrogens is 3. The van der Waals surface area contributed by atoms with E-state index in [2.05, 4.69) is 50.3 Å². The number of carbonyl (C=O) groups is 2. The number of hydrogen-bond donors (Lipinski definition) is 1. The standard InChI is InChI=1S/C25H34F4N4O2S.C11H22O2S/c1-3-5-7-17(4-2)14-35-21(34)10-11-36-23-30-12-19-22(31-23)20(13-33(19)18-8-6-9-18)32-15-24(26,27)25(28,29)16-32;1-3-5-6-10(4-2)9-13-11(12)7-8-14/h12-13,17-18H,3-11,14-16H2,1-2H3;10,14H,3-9H2,1-2H3. The van der Waals surface area contributed by atoms with E-state index in [-0.39, 0.29) is 30.1 Å². The van der Waals surface area contributed by atoms with Gasteiger partial charge in [-0.15, -0.1) is 0 Å². The first kappa shape index (κ1) is 42.2. The van der Waals surface area contributed by atoms with Gasteiger partial charge in [0.15, 0.2) is 5.16 Å². The Kier molecular flexibility index (Phi) is 17.5. The number of esters is 2. The molecule has 284 valence electrons. The fraction of sp³-hybridized carbons (Fsp3) is 0.778. The molecule has 2 unspecified atom stereocenters. The summed E-state index contributed by atoms with van der Waals surface area (Å²) in [6, 6.07) is 0.186. The van der Waals surface area contributed by atoms with Crippen LogP contribution in [0.2, 0.25) is 0 Å². The zero-order chi connectivity index (χ0) is 36.7. The van der Waals surface area contributed by atoms with Gasteiger partial charge >= 0.3 is 23.8 Å². The van der Waals surface area contributed by atoms with Crippen LogP contribution in [0, 0.1) is 11.8 Å². The Morgan fingerprint density at radius 3 is 1.98 bits per heavy atom. The Morgan fingerprint density at radius 2 is 1.50 bits per heavy atom. The quantitative estimate of drug-likeness (QED) is 0.0471. The molecule has 14 heteroatoms. The normalized spacial score (nSPS) is 17.9. The zero-order valence-corrected chi connectivity index (χ0v) is 31.8. The molecule has 1 aliphatic heterocycles. The lowest BCUT2D eigenvalue weighted by atomic mass is 9.93. The van der Waals surface area contributed by atoms with E-state index in [0.717, 1.165) is 56.3 Å². The van der Waals surface area contributed by atoms with Gasteiger partial charge < -0.3 is 18.9 Å². The second-order valence-electron chi connectivity index (χ2n) is 13.4. The predicted molar refractivity (Wildman–Crippen MR) is 195 cm³/mol. The first-order valence-electron chi connectivity index (χ1n) is 18.3. The lowest BCUT2D eigenvalue weighted by molar-refractivity contribution is -0.172. The molecule has 2 aromatic rings. The van der Waals surface area contributed by atoms with Gasteiger partial charge in [-0.05, 0) is 43.9 Å². The Bertz CT molecular complexity index is 1330. The number of hydrogen-bond acceptors (Lipinski definition) is 9. The predicted octanol–water partition coefficient (Wildman–Crippen LogP) is 9.55. The van der Waals surface area contributed by atoms with Gasteiger partial charge in [0.1, 0.15) is 5.52 Å². The van der Waals surface area contributed by atoms with Crippen LogP contribution in [0.5, 0.6) is 0 Å². The number of nitrogens with zero attached hydrogens (tertiary/aromatic N) is 4. The van der Waals surface area contributed by atoms with Gasteiger partial charge in [-0.25, -0.2) is 9.97 Å². The molecule has 8 nitrogen and oxygen atoms in total. The second-order valence-corrected chi connectivity index (χ2v) is 14.9. The Morgan fingerprint density at radius 1 is 0.940 bits per heavy atom. The number of thiol groups is 1. The SMILES string of the molecule is CCCCC(CC)COC(=O)CCS.CCCCC(CC)COC(=O)CCSc1ncc2c(n1)c(N1CC(F)(F)C(F)(F)C1)cn2C1CCC1.